The van der Waals surface area contributed by atoms with Crippen LogP contribution in [-0.4, -0.2) is 63.9 Å². The van der Waals surface area contributed by atoms with Gasteiger partial charge in [0.2, 0.25) is 5.91 Å². The first-order chi connectivity index (χ1) is 9.54. The minimum absolute atomic E-state index is 0.0930. The van der Waals surface area contributed by atoms with Crippen molar-refractivity contribution in [3.63, 3.8) is 0 Å². The van der Waals surface area contributed by atoms with Crippen LogP contribution in [0.25, 0.3) is 0 Å². The molecule has 2 heterocycles. The van der Waals surface area contributed by atoms with Crippen molar-refractivity contribution in [1.82, 2.24) is 19.4 Å². The Hall–Kier alpha value is -1.01. The highest BCUT2D eigenvalue weighted by Crippen LogP contribution is 2.23. The van der Waals surface area contributed by atoms with Crippen LogP contribution in [-0.2, 0) is 11.8 Å². The van der Waals surface area contributed by atoms with E-state index in [-0.39, 0.29) is 17.9 Å². The van der Waals surface area contributed by atoms with E-state index in [1.54, 1.807) is 11.8 Å². The van der Waals surface area contributed by atoms with E-state index >= 15 is 0 Å². The molecule has 1 fully saturated rings. The summed E-state index contributed by atoms with van der Waals surface area (Å²) in [6.07, 6.45) is 5.82. The Morgan fingerprint density at radius 3 is 2.85 bits per heavy atom. The number of carbonyl (C=O) groups is 1. The summed E-state index contributed by atoms with van der Waals surface area (Å²) in [7, 11) is 4.11. The molecule has 0 aliphatic carbocycles. The Bertz CT molecular complexity index is 462. The second kappa shape index (κ2) is 6.63. The van der Waals surface area contributed by atoms with Crippen molar-refractivity contribution in [2.45, 2.75) is 13.0 Å². The number of thioether (sulfide) groups is 1. The summed E-state index contributed by atoms with van der Waals surface area (Å²) in [6.45, 7) is 4.47. The van der Waals surface area contributed by atoms with E-state index in [9.17, 15) is 4.79 Å². The molecule has 2 rings (SSSR count). The predicted molar refractivity (Wildman–Crippen MR) is 82.7 cm³/mol. The molecule has 2 atom stereocenters. The van der Waals surface area contributed by atoms with Crippen molar-refractivity contribution in [3.8, 4) is 0 Å². The zero-order chi connectivity index (χ0) is 14.7. The van der Waals surface area contributed by atoms with E-state index in [0.29, 0.717) is 0 Å². The number of likely N-dealkylation sites (N-methyl/N-ethyl adjacent to an activating group) is 1. The van der Waals surface area contributed by atoms with Crippen LogP contribution in [0.4, 0.5) is 0 Å². The predicted octanol–water partition coefficient (Wildman–Crippen LogP) is 1.23. The topological polar surface area (TPSA) is 41.4 Å². The van der Waals surface area contributed by atoms with E-state index < -0.39 is 0 Å². The molecular formula is C14H24N4OS. The van der Waals surface area contributed by atoms with Crippen LogP contribution in [0.5, 0.6) is 0 Å². The zero-order valence-corrected chi connectivity index (χ0v) is 13.6. The molecule has 0 bridgehead atoms. The molecule has 5 nitrogen and oxygen atoms in total. The third-order valence-electron chi connectivity index (χ3n) is 3.95. The van der Waals surface area contributed by atoms with E-state index in [4.69, 9.17) is 0 Å². The van der Waals surface area contributed by atoms with Crippen LogP contribution in [0.3, 0.4) is 0 Å². The number of hydrogen-bond donors (Lipinski definition) is 0. The van der Waals surface area contributed by atoms with Crippen molar-refractivity contribution in [3.05, 3.63) is 18.2 Å². The van der Waals surface area contributed by atoms with Crippen molar-refractivity contribution in [2.24, 2.45) is 13.0 Å². The molecule has 1 saturated heterocycles. The highest BCUT2D eigenvalue weighted by Gasteiger charge is 2.32. The standard InChI is InChI=1S/C14H24N4OS/c1-11(10-20-4)14(19)18-8-7-16(2)12(9-18)13-15-5-6-17(13)3/h5-6,11-12H,7-10H2,1-4H3/t11-,12+/m0/s1. The number of amides is 1. The Morgan fingerprint density at radius 2 is 2.25 bits per heavy atom. The fraction of sp³-hybridized carbons (Fsp3) is 0.714. The van der Waals surface area contributed by atoms with Gasteiger partial charge in [-0.1, -0.05) is 6.92 Å². The third kappa shape index (κ3) is 3.17. The molecule has 0 saturated carbocycles. The van der Waals surface area contributed by atoms with Crippen molar-refractivity contribution in [2.75, 3.05) is 38.7 Å². The van der Waals surface area contributed by atoms with Gasteiger partial charge in [-0.25, -0.2) is 4.98 Å². The van der Waals surface area contributed by atoms with Crippen LogP contribution in [0.1, 0.15) is 18.8 Å². The Kier molecular flexibility index (Phi) is 5.10. The van der Waals surface area contributed by atoms with Crippen molar-refractivity contribution >= 4 is 17.7 Å². The van der Waals surface area contributed by atoms with Gasteiger partial charge < -0.3 is 9.47 Å². The highest BCUT2D eigenvalue weighted by molar-refractivity contribution is 7.98. The molecule has 112 valence electrons. The fourth-order valence-electron chi connectivity index (χ4n) is 2.68. The summed E-state index contributed by atoms with van der Waals surface area (Å²) in [4.78, 5) is 21.2. The van der Waals surface area contributed by atoms with Gasteiger partial charge in [0.1, 0.15) is 5.82 Å². The smallest absolute Gasteiger partial charge is 0.226 e. The maximum Gasteiger partial charge on any atom is 0.226 e. The molecule has 0 aromatic carbocycles. The lowest BCUT2D eigenvalue weighted by Crippen LogP contribution is -2.51. The molecule has 1 aliphatic heterocycles. The van der Waals surface area contributed by atoms with Crippen molar-refractivity contribution < 1.29 is 4.79 Å². The lowest BCUT2D eigenvalue weighted by molar-refractivity contribution is -0.137. The zero-order valence-electron chi connectivity index (χ0n) is 12.7. The lowest BCUT2D eigenvalue weighted by atomic mass is 10.1. The number of rotatable bonds is 4. The first-order valence-corrected chi connectivity index (χ1v) is 8.39. The Morgan fingerprint density at radius 1 is 1.50 bits per heavy atom. The Labute approximate surface area is 125 Å². The molecule has 0 spiro atoms. The van der Waals surface area contributed by atoms with Gasteiger partial charge in [0, 0.05) is 50.7 Å². The largest absolute Gasteiger partial charge is 0.339 e. The molecule has 20 heavy (non-hydrogen) atoms. The van der Waals surface area contributed by atoms with E-state index in [0.717, 1.165) is 31.2 Å². The first kappa shape index (κ1) is 15.4. The average Bonchev–Trinajstić information content (AvgIpc) is 2.85. The van der Waals surface area contributed by atoms with Crippen LogP contribution in [0.15, 0.2) is 12.4 Å². The van der Waals surface area contributed by atoms with Gasteiger partial charge >= 0.3 is 0 Å². The molecule has 1 aliphatic rings. The maximum absolute atomic E-state index is 12.5. The number of aryl methyl sites for hydroxylation is 1. The van der Waals surface area contributed by atoms with Gasteiger partial charge in [-0.3, -0.25) is 9.69 Å². The highest BCUT2D eigenvalue weighted by atomic mass is 32.2. The molecule has 0 N–H and O–H groups in total. The number of hydrogen-bond acceptors (Lipinski definition) is 4. The number of nitrogens with zero attached hydrogens (tertiary/aromatic N) is 4. The molecule has 0 unspecified atom stereocenters. The summed E-state index contributed by atoms with van der Waals surface area (Å²) in [6, 6.07) is 0.189. The number of piperazine rings is 1. The van der Waals surface area contributed by atoms with Gasteiger partial charge in [-0.15, -0.1) is 0 Å². The normalized spacial score (nSPS) is 22.0. The monoisotopic (exact) mass is 296 g/mol. The quantitative estimate of drug-likeness (QED) is 0.838. The van der Waals surface area contributed by atoms with Crippen molar-refractivity contribution in [1.29, 1.82) is 0 Å². The van der Waals surface area contributed by atoms with Crippen LogP contribution < -0.4 is 0 Å². The second-order valence-electron chi connectivity index (χ2n) is 5.53. The summed E-state index contributed by atoms with van der Waals surface area (Å²) in [5.41, 5.74) is 0. The van der Waals surface area contributed by atoms with Gasteiger partial charge in [0.05, 0.1) is 6.04 Å². The summed E-state index contributed by atoms with van der Waals surface area (Å²) < 4.78 is 2.04. The van der Waals surface area contributed by atoms with Gasteiger partial charge in [0.15, 0.2) is 0 Å². The van der Waals surface area contributed by atoms with Gasteiger partial charge in [-0.2, -0.15) is 11.8 Å². The summed E-state index contributed by atoms with van der Waals surface area (Å²) in [5, 5.41) is 0. The molecule has 1 aromatic rings. The average molecular weight is 296 g/mol. The molecule has 1 aromatic heterocycles. The second-order valence-corrected chi connectivity index (χ2v) is 6.44. The minimum Gasteiger partial charge on any atom is -0.339 e. The fourth-order valence-corrected chi connectivity index (χ4v) is 3.33. The number of aromatic nitrogens is 2. The van der Waals surface area contributed by atoms with Crippen LogP contribution >= 0.6 is 11.8 Å². The molecular weight excluding hydrogens is 272 g/mol. The lowest BCUT2D eigenvalue weighted by Gasteiger charge is -2.39. The van der Waals surface area contributed by atoms with E-state index in [1.807, 2.05) is 42.1 Å². The minimum atomic E-state index is 0.0930. The first-order valence-electron chi connectivity index (χ1n) is 6.99. The number of carbonyl (C=O) groups excluding carboxylic acids is 1. The van der Waals surface area contributed by atoms with Gasteiger partial charge in [-0.05, 0) is 13.3 Å². The number of imidazole rings is 1. The molecule has 1 amide bonds. The summed E-state index contributed by atoms with van der Waals surface area (Å²) in [5.74, 6) is 2.28. The van der Waals surface area contributed by atoms with Crippen LogP contribution in [0, 0.1) is 5.92 Å². The van der Waals surface area contributed by atoms with Gasteiger partial charge in [0.25, 0.3) is 0 Å². The third-order valence-corrected chi connectivity index (χ3v) is 4.79. The van der Waals surface area contributed by atoms with E-state index in [2.05, 4.69) is 16.9 Å². The summed E-state index contributed by atoms with van der Waals surface area (Å²) >= 11 is 1.73. The van der Waals surface area contributed by atoms with E-state index in [1.165, 1.54) is 0 Å². The SMILES string of the molecule is CSC[C@H](C)C(=O)N1CCN(C)[C@@H](c2nccn2C)C1. The maximum atomic E-state index is 12.5. The Balaban J connectivity index is 2.08. The van der Waals surface area contributed by atoms with Crippen LogP contribution in [0.2, 0.25) is 0 Å². The molecule has 6 heteroatoms. The molecule has 0 radical (unpaired) electrons.